The van der Waals surface area contributed by atoms with E-state index in [1.165, 1.54) is 6.33 Å². The van der Waals surface area contributed by atoms with Gasteiger partial charge in [-0.25, -0.2) is 15.0 Å². The smallest absolute Gasteiger partial charge is 0.266 e. The van der Waals surface area contributed by atoms with Crippen molar-refractivity contribution in [3.63, 3.8) is 0 Å². The zero-order valence-electron chi connectivity index (χ0n) is 19.4. The van der Waals surface area contributed by atoms with E-state index in [9.17, 15) is 10.1 Å². The summed E-state index contributed by atoms with van der Waals surface area (Å²) < 4.78 is 5.46. The average molecular weight is 453 g/mol. The van der Waals surface area contributed by atoms with Crippen molar-refractivity contribution >= 4 is 22.6 Å². The van der Waals surface area contributed by atoms with E-state index in [4.69, 9.17) is 4.74 Å². The fraction of sp³-hybridized carbons (Fsp3) is 0.192. The van der Waals surface area contributed by atoms with Gasteiger partial charge in [-0.05, 0) is 35.2 Å². The van der Waals surface area contributed by atoms with Crippen molar-refractivity contribution in [2.24, 2.45) is 5.41 Å². The molecule has 3 aromatic heterocycles. The van der Waals surface area contributed by atoms with Crippen LogP contribution in [-0.4, -0.2) is 33.0 Å². The molecule has 8 nitrogen and oxygen atoms in total. The summed E-state index contributed by atoms with van der Waals surface area (Å²) in [6.07, 6.45) is 8.47. The van der Waals surface area contributed by atoms with Crippen LogP contribution < -0.4 is 10.1 Å². The molecule has 1 aromatic carbocycles. The lowest BCUT2D eigenvalue weighted by Crippen LogP contribution is -2.16. The summed E-state index contributed by atoms with van der Waals surface area (Å²) in [6.45, 7) is 5.80. The zero-order valence-corrected chi connectivity index (χ0v) is 19.4. The molecule has 34 heavy (non-hydrogen) atoms. The summed E-state index contributed by atoms with van der Waals surface area (Å²) in [4.78, 5) is 28.8. The van der Waals surface area contributed by atoms with E-state index in [1.54, 1.807) is 31.6 Å². The van der Waals surface area contributed by atoms with Gasteiger partial charge in [-0.15, -0.1) is 0 Å². The number of pyridine rings is 1. The van der Waals surface area contributed by atoms with E-state index in [0.717, 1.165) is 33.4 Å². The number of benzene rings is 1. The molecule has 8 heteroatoms. The molecule has 0 fully saturated rings. The van der Waals surface area contributed by atoms with Crippen LogP contribution in [-0.2, 0) is 4.79 Å². The summed E-state index contributed by atoms with van der Waals surface area (Å²) in [5.41, 5.74) is 4.34. The summed E-state index contributed by atoms with van der Waals surface area (Å²) in [7, 11) is 1.56. The molecule has 1 amide bonds. The molecule has 0 radical (unpaired) electrons. The van der Waals surface area contributed by atoms with Gasteiger partial charge in [0.1, 0.15) is 29.4 Å². The number of carbonyl (C=O) groups is 1. The van der Waals surface area contributed by atoms with Gasteiger partial charge in [0, 0.05) is 46.9 Å². The highest BCUT2D eigenvalue weighted by Gasteiger charge is 2.16. The Hall–Kier alpha value is -4.51. The number of hydrogen-bond acceptors (Lipinski definition) is 6. The lowest BCUT2D eigenvalue weighted by Gasteiger charge is -2.14. The molecule has 0 aliphatic rings. The second-order valence-electron chi connectivity index (χ2n) is 8.86. The third-order valence-corrected chi connectivity index (χ3v) is 5.06. The Morgan fingerprint density at radius 3 is 2.68 bits per heavy atom. The minimum absolute atomic E-state index is 0.0572. The van der Waals surface area contributed by atoms with Gasteiger partial charge in [-0.3, -0.25) is 4.79 Å². The van der Waals surface area contributed by atoms with Crippen molar-refractivity contribution in [2.75, 3.05) is 12.4 Å². The van der Waals surface area contributed by atoms with Crippen LogP contribution in [0.1, 0.15) is 20.8 Å². The Bertz CT molecular complexity index is 1430. The summed E-state index contributed by atoms with van der Waals surface area (Å²) >= 11 is 0. The quantitative estimate of drug-likeness (QED) is 0.320. The number of allylic oxidation sites excluding steroid dienone is 1. The number of fused-ring (bicyclic) bond motifs is 1. The van der Waals surface area contributed by atoms with Crippen LogP contribution in [0.5, 0.6) is 5.75 Å². The number of amides is 1. The highest BCUT2D eigenvalue weighted by atomic mass is 16.5. The average Bonchev–Trinajstić information content (AvgIpc) is 3.25. The first-order chi connectivity index (χ1) is 16.3. The maximum absolute atomic E-state index is 12.7. The van der Waals surface area contributed by atoms with Crippen LogP contribution in [0.15, 0.2) is 66.9 Å². The number of methoxy groups -OCH3 is 1. The molecular weight excluding hydrogens is 428 g/mol. The van der Waals surface area contributed by atoms with Crippen LogP contribution in [0.4, 0.5) is 5.69 Å². The molecule has 0 unspecified atom stereocenters. The first-order valence-electron chi connectivity index (χ1n) is 10.6. The monoisotopic (exact) mass is 452 g/mol. The zero-order chi connectivity index (χ0) is 24.3. The van der Waals surface area contributed by atoms with Crippen LogP contribution >= 0.6 is 0 Å². The van der Waals surface area contributed by atoms with E-state index in [-0.39, 0.29) is 11.0 Å². The van der Waals surface area contributed by atoms with Crippen molar-refractivity contribution in [3.8, 4) is 34.2 Å². The lowest BCUT2D eigenvalue weighted by atomic mass is 9.93. The van der Waals surface area contributed by atoms with Crippen molar-refractivity contribution in [3.05, 3.63) is 66.9 Å². The maximum Gasteiger partial charge on any atom is 0.266 e. The SMILES string of the molecule is COc1cc(NC(=O)/C(C#N)=C/C(C)(C)C)cc(-c2cnc3[nH]cc(-c4ccncn4)c3c2)c1. The predicted octanol–water partition coefficient (Wildman–Crippen LogP) is 5.13. The van der Waals surface area contributed by atoms with Gasteiger partial charge in [0.2, 0.25) is 0 Å². The van der Waals surface area contributed by atoms with E-state index in [2.05, 4.69) is 25.3 Å². The number of anilines is 1. The first-order valence-corrected chi connectivity index (χ1v) is 10.6. The van der Waals surface area contributed by atoms with Crippen LogP contribution in [0, 0.1) is 16.7 Å². The number of aromatic amines is 1. The normalized spacial score (nSPS) is 11.8. The summed E-state index contributed by atoms with van der Waals surface area (Å²) in [6, 6.07) is 11.2. The van der Waals surface area contributed by atoms with Crippen LogP contribution in [0.3, 0.4) is 0 Å². The number of H-pyrrole nitrogens is 1. The lowest BCUT2D eigenvalue weighted by molar-refractivity contribution is -0.112. The van der Waals surface area contributed by atoms with Gasteiger partial charge in [-0.2, -0.15) is 5.26 Å². The number of rotatable bonds is 5. The molecule has 0 atom stereocenters. The molecule has 0 spiro atoms. The fourth-order valence-electron chi connectivity index (χ4n) is 3.56. The largest absolute Gasteiger partial charge is 0.497 e. The first kappa shape index (κ1) is 22.7. The van der Waals surface area contributed by atoms with Gasteiger partial charge in [-0.1, -0.05) is 26.8 Å². The number of nitrogens with one attached hydrogen (secondary N) is 2. The summed E-state index contributed by atoms with van der Waals surface area (Å²) in [5, 5.41) is 13.2. The minimum atomic E-state index is -0.470. The van der Waals surface area contributed by atoms with E-state index < -0.39 is 5.91 Å². The molecule has 2 N–H and O–H groups in total. The Morgan fingerprint density at radius 2 is 2.00 bits per heavy atom. The van der Waals surface area contributed by atoms with Crippen LogP contribution in [0.25, 0.3) is 33.4 Å². The van der Waals surface area contributed by atoms with Crippen molar-refractivity contribution in [1.29, 1.82) is 5.26 Å². The number of nitriles is 1. The highest BCUT2D eigenvalue weighted by molar-refractivity contribution is 6.07. The third-order valence-electron chi connectivity index (χ3n) is 5.06. The molecule has 3 heterocycles. The Morgan fingerprint density at radius 1 is 1.18 bits per heavy atom. The van der Waals surface area contributed by atoms with E-state index in [1.807, 2.05) is 57.3 Å². The molecule has 0 saturated carbocycles. The Balaban J connectivity index is 1.73. The molecular formula is C26H24N6O2. The second kappa shape index (κ2) is 9.16. The van der Waals surface area contributed by atoms with Gasteiger partial charge in [0.15, 0.2) is 0 Å². The molecule has 0 bridgehead atoms. The fourth-order valence-corrected chi connectivity index (χ4v) is 3.56. The maximum atomic E-state index is 12.7. The number of aromatic nitrogens is 4. The van der Waals surface area contributed by atoms with Gasteiger partial charge < -0.3 is 15.0 Å². The van der Waals surface area contributed by atoms with E-state index >= 15 is 0 Å². The highest BCUT2D eigenvalue weighted by Crippen LogP contribution is 2.33. The summed E-state index contributed by atoms with van der Waals surface area (Å²) in [5.74, 6) is 0.0955. The Kier molecular flexibility index (Phi) is 6.11. The van der Waals surface area contributed by atoms with Crippen LogP contribution in [0.2, 0.25) is 0 Å². The molecule has 4 aromatic rings. The van der Waals surface area contributed by atoms with E-state index in [0.29, 0.717) is 11.4 Å². The topological polar surface area (TPSA) is 117 Å². The van der Waals surface area contributed by atoms with Crippen molar-refractivity contribution in [1.82, 2.24) is 19.9 Å². The number of carbonyl (C=O) groups excluding carboxylic acids is 1. The molecule has 4 rings (SSSR count). The van der Waals surface area contributed by atoms with Gasteiger partial charge >= 0.3 is 0 Å². The van der Waals surface area contributed by atoms with Crippen molar-refractivity contribution in [2.45, 2.75) is 20.8 Å². The molecule has 0 aliphatic carbocycles. The minimum Gasteiger partial charge on any atom is -0.497 e. The molecule has 170 valence electrons. The third kappa shape index (κ3) is 4.94. The second-order valence-corrected chi connectivity index (χ2v) is 8.86. The van der Waals surface area contributed by atoms with Crippen molar-refractivity contribution < 1.29 is 9.53 Å². The standard InChI is InChI=1S/C26H24N6O2/c1-26(2,3)11-18(12-27)25(33)32-19-7-16(8-20(10-19)34-4)17-9-21-22(14-30-24(21)29-13-17)23-5-6-28-15-31-23/h5-11,13-15H,1-4H3,(H,29,30)(H,32,33)/b18-11+. The van der Waals surface area contributed by atoms with Gasteiger partial charge in [0.05, 0.1) is 12.8 Å². The number of hydrogen-bond donors (Lipinski definition) is 2. The number of ether oxygens (including phenoxy) is 1. The van der Waals surface area contributed by atoms with Gasteiger partial charge in [0.25, 0.3) is 5.91 Å². The molecule has 0 aliphatic heterocycles. The molecule has 0 saturated heterocycles. The predicted molar refractivity (Wildman–Crippen MR) is 131 cm³/mol. The Labute approximate surface area is 197 Å². The number of nitrogens with zero attached hydrogens (tertiary/aromatic N) is 4.